The van der Waals surface area contributed by atoms with Crippen LogP contribution < -0.4 is 0 Å². The number of allylic oxidation sites excluding steroid dienone is 4. The zero-order chi connectivity index (χ0) is 23.0. The average Bonchev–Trinajstić information content (AvgIpc) is 3.04. The fourth-order valence-electron chi connectivity index (χ4n) is 6.32. The fourth-order valence-corrected chi connectivity index (χ4v) is 6.32. The maximum absolute atomic E-state index is 10.3. The second-order valence-electron chi connectivity index (χ2n) is 11.4. The van der Waals surface area contributed by atoms with Gasteiger partial charge >= 0.3 is 0 Å². The molecule has 3 saturated carbocycles. The third-order valence-electron chi connectivity index (χ3n) is 8.75. The molecule has 3 aliphatic rings. The van der Waals surface area contributed by atoms with Gasteiger partial charge < -0.3 is 15.3 Å². The Morgan fingerprint density at radius 3 is 2.52 bits per heavy atom. The van der Waals surface area contributed by atoms with Crippen molar-refractivity contribution in [3.05, 3.63) is 47.6 Å². The summed E-state index contributed by atoms with van der Waals surface area (Å²) in [6.45, 7) is 14.7. The molecule has 0 saturated heterocycles. The van der Waals surface area contributed by atoms with E-state index in [4.69, 9.17) is 0 Å². The molecule has 3 aliphatic carbocycles. The van der Waals surface area contributed by atoms with E-state index in [2.05, 4.69) is 51.7 Å². The molecule has 0 radical (unpaired) electrons. The minimum absolute atomic E-state index is 0.141. The van der Waals surface area contributed by atoms with Crippen LogP contribution in [0.5, 0.6) is 0 Å². The van der Waals surface area contributed by atoms with E-state index < -0.39 is 17.8 Å². The standard InChI is InChI=1S/C28H44O3/c1-18(9-10-19(2)27(4,5)31)24-13-14-25-21(8-7-15-28(24,25)6)11-12-22-16-23(29)17-26(30)20(22)3/h9-12,18-19,23-26,29-31H,3,7-8,13-17H2,1-2,4-6H3/t18-,19?,23+,24?,25+,26+,28-/m1/s1. The van der Waals surface area contributed by atoms with Gasteiger partial charge in [-0.05, 0) is 86.7 Å². The van der Waals surface area contributed by atoms with E-state index in [9.17, 15) is 15.3 Å². The third kappa shape index (κ3) is 5.26. The molecule has 2 unspecified atom stereocenters. The SMILES string of the molecule is C=C1C(=CC=C2CCC[C@]3(C)C([C@H](C)C=CC(C)C(C)(C)O)CC[C@@H]23)C[C@H](O)C[C@@H]1O. The summed E-state index contributed by atoms with van der Waals surface area (Å²) in [5, 5.41) is 30.4. The largest absolute Gasteiger partial charge is 0.393 e. The highest BCUT2D eigenvalue weighted by Gasteiger charge is 2.50. The van der Waals surface area contributed by atoms with Crippen LogP contribution in [0.4, 0.5) is 0 Å². The van der Waals surface area contributed by atoms with Gasteiger partial charge in [-0.2, -0.15) is 0 Å². The molecule has 3 heteroatoms. The van der Waals surface area contributed by atoms with Gasteiger partial charge in [-0.3, -0.25) is 0 Å². The van der Waals surface area contributed by atoms with Crippen LogP contribution >= 0.6 is 0 Å². The molecule has 174 valence electrons. The molecule has 3 rings (SSSR count). The molecule has 3 nitrogen and oxygen atoms in total. The van der Waals surface area contributed by atoms with Crippen LogP contribution in [0.15, 0.2) is 47.6 Å². The Hall–Kier alpha value is -1.16. The minimum Gasteiger partial charge on any atom is -0.393 e. The first-order chi connectivity index (χ1) is 14.4. The zero-order valence-corrected chi connectivity index (χ0v) is 20.3. The van der Waals surface area contributed by atoms with Gasteiger partial charge in [-0.15, -0.1) is 0 Å². The summed E-state index contributed by atoms with van der Waals surface area (Å²) in [5.41, 5.74) is 2.93. The number of aliphatic hydroxyl groups excluding tert-OH is 2. The van der Waals surface area contributed by atoms with Gasteiger partial charge in [-0.1, -0.05) is 57.2 Å². The molecule has 0 aromatic carbocycles. The van der Waals surface area contributed by atoms with Crippen molar-refractivity contribution in [3.63, 3.8) is 0 Å². The Bertz CT molecular complexity index is 753. The summed E-state index contributed by atoms with van der Waals surface area (Å²) in [6.07, 6.45) is 15.0. The number of aliphatic hydroxyl groups is 3. The summed E-state index contributed by atoms with van der Waals surface area (Å²) in [5.74, 6) is 1.91. The summed E-state index contributed by atoms with van der Waals surface area (Å²) in [7, 11) is 0. The van der Waals surface area contributed by atoms with Crippen molar-refractivity contribution in [2.24, 2.45) is 29.1 Å². The summed E-state index contributed by atoms with van der Waals surface area (Å²) in [6, 6.07) is 0. The van der Waals surface area contributed by atoms with Crippen LogP contribution in [0.1, 0.15) is 79.6 Å². The minimum atomic E-state index is -0.684. The molecular formula is C28H44O3. The molecule has 0 spiro atoms. The summed E-state index contributed by atoms with van der Waals surface area (Å²) in [4.78, 5) is 0. The zero-order valence-electron chi connectivity index (χ0n) is 20.3. The van der Waals surface area contributed by atoms with E-state index >= 15 is 0 Å². The predicted molar refractivity (Wildman–Crippen MR) is 128 cm³/mol. The average molecular weight is 429 g/mol. The van der Waals surface area contributed by atoms with Crippen LogP contribution in [-0.4, -0.2) is 33.1 Å². The van der Waals surface area contributed by atoms with Gasteiger partial charge in [-0.25, -0.2) is 0 Å². The second kappa shape index (κ2) is 9.37. The molecule has 7 atom stereocenters. The van der Waals surface area contributed by atoms with Crippen molar-refractivity contribution >= 4 is 0 Å². The monoisotopic (exact) mass is 428 g/mol. The van der Waals surface area contributed by atoms with Gasteiger partial charge in [0, 0.05) is 12.3 Å². The number of hydrogen-bond donors (Lipinski definition) is 3. The highest BCUT2D eigenvalue weighted by Crippen LogP contribution is 2.59. The van der Waals surface area contributed by atoms with Crippen molar-refractivity contribution in [3.8, 4) is 0 Å². The number of rotatable bonds is 5. The molecule has 0 aromatic rings. The molecule has 3 N–H and O–H groups in total. The first-order valence-corrected chi connectivity index (χ1v) is 12.3. The van der Waals surface area contributed by atoms with Gasteiger partial charge in [0.25, 0.3) is 0 Å². The lowest BCUT2D eigenvalue weighted by Gasteiger charge is -2.44. The normalized spacial score (nSPS) is 39.3. The van der Waals surface area contributed by atoms with E-state index in [0.717, 1.165) is 17.6 Å². The van der Waals surface area contributed by atoms with Crippen LogP contribution in [0.3, 0.4) is 0 Å². The Labute approximate surface area is 189 Å². The number of hydrogen-bond acceptors (Lipinski definition) is 3. The van der Waals surface area contributed by atoms with Crippen LogP contribution in [0.25, 0.3) is 0 Å². The lowest BCUT2D eigenvalue weighted by atomic mass is 9.61. The van der Waals surface area contributed by atoms with Crippen LogP contribution in [-0.2, 0) is 0 Å². The Morgan fingerprint density at radius 1 is 1.13 bits per heavy atom. The highest BCUT2D eigenvalue weighted by atomic mass is 16.3. The molecule has 0 aromatic heterocycles. The van der Waals surface area contributed by atoms with E-state index in [0.29, 0.717) is 36.0 Å². The first-order valence-electron chi connectivity index (χ1n) is 12.3. The maximum atomic E-state index is 10.3. The highest BCUT2D eigenvalue weighted by molar-refractivity contribution is 5.38. The van der Waals surface area contributed by atoms with E-state index in [1.54, 1.807) is 0 Å². The topological polar surface area (TPSA) is 60.7 Å². The van der Waals surface area contributed by atoms with Crippen molar-refractivity contribution in [1.29, 1.82) is 0 Å². The summed E-state index contributed by atoms with van der Waals surface area (Å²) >= 11 is 0. The Kier molecular flexibility index (Phi) is 7.40. The van der Waals surface area contributed by atoms with Gasteiger partial charge in [0.2, 0.25) is 0 Å². The Morgan fingerprint density at radius 2 is 1.84 bits per heavy atom. The molecule has 0 heterocycles. The molecule has 3 fully saturated rings. The Balaban J connectivity index is 1.76. The van der Waals surface area contributed by atoms with Gasteiger partial charge in [0.05, 0.1) is 17.8 Å². The molecular weight excluding hydrogens is 384 g/mol. The predicted octanol–water partition coefficient (Wildman–Crippen LogP) is 5.73. The van der Waals surface area contributed by atoms with Crippen molar-refractivity contribution in [2.45, 2.75) is 97.4 Å². The van der Waals surface area contributed by atoms with Crippen molar-refractivity contribution < 1.29 is 15.3 Å². The van der Waals surface area contributed by atoms with Gasteiger partial charge in [0.15, 0.2) is 0 Å². The van der Waals surface area contributed by atoms with Crippen molar-refractivity contribution in [2.75, 3.05) is 0 Å². The molecule has 0 aliphatic heterocycles. The lowest BCUT2D eigenvalue weighted by molar-refractivity contribution is 0.0436. The fraction of sp³-hybridized carbons (Fsp3) is 0.714. The molecule has 0 amide bonds. The van der Waals surface area contributed by atoms with Crippen molar-refractivity contribution in [1.82, 2.24) is 0 Å². The number of fused-ring (bicyclic) bond motifs is 1. The second-order valence-corrected chi connectivity index (χ2v) is 11.4. The van der Waals surface area contributed by atoms with Gasteiger partial charge in [0.1, 0.15) is 0 Å². The quantitative estimate of drug-likeness (QED) is 0.490. The molecule has 0 bridgehead atoms. The van der Waals surface area contributed by atoms with Crippen LogP contribution in [0.2, 0.25) is 0 Å². The first kappa shape index (κ1) is 24.5. The third-order valence-corrected chi connectivity index (χ3v) is 8.75. The summed E-state index contributed by atoms with van der Waals surface area (Å²) < 4.78 is 0. The van der Waals surface area contributed by atoms with E-state index in [1.807, 2.05) is 13.8 Å². The lowest BCUT2D eigenvalue weighted by Crippen LogP contribution is -2.35. The maximum Gasteiger partial charge on any atom is 0.0811 e. The van der Waals surface area contributed by atoms with Crippen LogP contribution in [0, 0.1) is 29.1 Å². The van der Waals surface area contributed by atoms with E-state index in [-0.39, 0.29) is 5.92 Å². The smallest absolute Gasteiger partial charge is 0.0811 e. The van der Waals surface area contributed by atoms with E-state index in [1.165, 1.54) is 31.3 Å². The molecule has 31 heavy (non-hydrogen) atoms.